The van der Waals surface area contributed by atoms with E-state index >= 15 is 0 Å². The van der Waals surface area contributed by atoms with Crippen LogP contribution in [0.5, 0.6) is 0 Å². The fourth-order valence-electron chi connectivity index (χ4n) is 1.33. The lowest BCUT2D eigenvalue weighted by molar-refractivity contribution is -0.170. The van der Waals surface area contributed by atoms with Crippen molar-refractivity contribution >= 4 is 17.7 Å². The maximum Gasteiger partial charge on any atom is 0.336 e. The minimum Gasteiger partial charge on any atom is -0.465 e. The summed E-state index contributed by atoms with van der Waals surface area (Å²) in [6.07, 6.45) is -1.26. The molecule has 0 radical (unpaired) electrons. The molecule has 2 atom stereocenters. The van der Waals surface area contributed by atoms with Gasteiger partial charge < -0.3 is 14.2 Å². The van der Waals surface area contributed by atoms with Crippen molar-refractivity contribution in [2.75, 3.05) is 20.3 Å². The molecule has 0 fully saturated rings. The highest BCUT2D eigenvalue weighted by molar-refractivity contribution is 6.02. The molecule has 0 aromatic heterocycles. The van der Waals surface area contributed by atoms with Crippen molar-refractivity contribution < 1.29 is 28.6 Å². The lowest BCUT2D eigenvalue weighted by Gasteiger charge is -2.20. The molecule has 0 spiro atoms. The average Bonchev–Trinajstić information content (AvgIpc) is 2.25. The van der Waals surface area contributed by atoms with E-state index in [1.54, 1.807) is 13.8 Å². The summed E-state index contributed by atoms with van der Waals surface area (Å²) in [7, 11) is 1.23. The van der Waals surface area contributed by atoms with Crippen molar-refractivity contribution in [3.63, 3.8) is 0 Å². The molecule has 6 heteroatoms. The van der Waals surface area contributed by atoms with Crippen LogP contribution < -0.4 is 0 Å². The van der Waals surface area contributed by atoms with E-state index in [0.717, 1.165) is 0 Å². The van der Waals surface area contributed by atoms with Gasteiger partial charge in [-0.1, -0.05) is 0 Å². The van der Waals surface area contributed by atoms with E-state index in [0.29, 0.717) is 0 Å². The lowest BCUT2D eigenvalue weighted by Crippen LogP contribution is -2.42. The summed E-state index contributed by atoms with van der Waals surface area (Å²) in [5.41, 5.74) is 0. The highest BCUT2D eigenvalue weighted by atomic mass is 16.6. The SMILES string of the molecule is CCOC(=O)C(OC)C(C(C)=O)C(=O)OCC. The van der Waals surface area contributed by atoms with Gasteiger partial charge in [-0.3, -0.25) is 9.59 Å². The zero-order chi connectivity index (χ0) is 13.4. The van der Waals surface area contributed by atoms with E-state index < -0.39 is 29.7 Å². The molecule has 0 saturated carbocycles. The number of methoxy groups -OCH3 is 1. The number of carbonyl (C=O) groups excluding carboxylic acids is 3. The van der Waals surface area contributed by atoms with Crippen LogP contribution in [0.1, 0.15) is 20.8 Å². The van der Waals surface area contributed by atoms with Crippen molar-refractivity contribution in [2.24, 2.45) is 5.92 Å². The Hall–Kier alpha value is -1.43. The first-order valence-electron chi connectivity index (χ1n) is 5.36. The minimum absolute atomic E-state index is 0.127. The Morgan fingerprint density at radius 3 is 1.82 bits per heavy atom. The standard InChI is InChI=1S/C11H18O6/c1-5-16-10(13)8(7(3)12)9(15-4)11(14)17-6-2/h8-9H,5-6H2,1-4H3. The number of hydrogen-bond donors (Lipinski definition) is 0. The molecule has 0 N–H and O–H groups in total. The number of Topliss-reactive ketones (excluding diaryl/α,β-unsaturated/α-hetero) is 1. The predicted octanol–water partition coefficient (Wildman–Crippen LogP) is 0.333. The summed E-state index contributed by atoms with van der Waals surface area (Å²) in [5, 5.41) is 0. The Morgan fingerprint density at radius 2 is 1.47 bits per heavy atom. The fraction of sp³-hybridized carbons (Fsp3) is 0.727. The van der Waals surface area contributed by atoms with Crippen molar-refractivity contribution in [1.82, 2.24) is 0 Å². The van der Waals surface area contributed by atoms with Crippen LogP contribution in [-0.2, 0) is 28.6 Å². The number of ether oxygens (including phenoxy) is 3. The van der Waals surface area contributed by atoms with Crippen LogP contribution in [0.25, 0.3) is 0 Å². The first-order chi connectivity index (χ1) is 7.99. The molecule has 2 unspecified atom stereocenters. The van der Waals surface area contributed by atoms with E-state index in [-0.39, 0.29) is 13.2 Å². The zero-order valence-electron chi connectivity index (χ0n) is 10.5. The van der Waals surface area contributed by atoms with Gasteiger partial charge in [0.15, 0.2) is 12.0 Å². The Bertz CT molecular complexity index is 286. The van der Waals surface area contributed by atoms with E-state index in [4.69, 9.17) is 14.2 Å². The first-order valence-corrected chi connectivity index (χ1v) is 5.36. The third kappa shape index (κ3) is 4.52. The molecule has 0 heterocycles. The number of rotatable bonds is 7. The molecule has 0 aliphatic carbocycles. The topological polar surface area (TPSA) is 78.9 Å². The summed E-state index contributed by atoms with van der Waals surface area (Å²) >= 11 is 0. The van der Waals surface area contributed by atoms with Crippen LogP contribution in [0.15, 0.2) is 0 Å². The summed E-state index contributed by atoms with van der Waals surface area (Å²) in [6.45, 7) is 4.71. The molecule has 0 rings (SSSR count). The quantitative estimate of drug-likeness (QED) is 0.476. The fourth-order valence-corrected chi connectivity index (χ4v) is 1.33. The van der Waals surface area contributed by atoms with Crippen molar-refractivity contribution in [2.45, 2.75) is 26.9 Å². The Balaban J connectivity index is 4.93. The highest BCUT2D eigenvalue weighted by Crippen LogP contribution is 2.13. The minimum atomic E-state index is -1.28. The molecule has 0 bridgehead atoms. The third-order valence-corrected chi connectivity index (χ3v) is 2.05. The monoisotopic (exact) mass is 246 g/mol. The van der Waals surface area contributed by atoms with Gasteiger partial charge in [0.1, 0.15) is 5.78 Å². The average molecular weight is 246 g/mol. The van der Waals surface area contributed by atoms with Gasteiger partial charge in [0.05, 0.1) is 13.2 Å². The lowest BCUT2D eigenvalue weighted by atomic mass is 9.98. The second-order valence-corrected chi connectivity index (χ2v) is 3.25. The second-order valence-electron chi connectivity index (χ2n) is 3.25. The molecule has 17 heavy (non-hydrogen) atoms. The van der Waals surface area contributed by atoms with Gasteiger partial charge in [-0.05, 0) is 20.8 Å². The second kappa shape index (κ2) is 7.78. The summed E-state index contributed by atoms with van der Waals surface area (Å²) in [4.78, 5) is 34.5. The van der Waals surface area contributed by atoms with Gasteiger partial charge in [0, 0.05) is 7.11 Å². The predicted molar refractivity (Wildman–Crippen MR) is 58.2 cm³/mol. The van der Waals surface area contributed by atoms with Crippen LogP contribution in [0.2, 0.25) is 0 Å². The van der Waals surface area contributed by atoms with Gasteiger partial charge >= 0.3 is 11.9 Å². The van der Waals surface area contributed by atoms with E-state index in [2.05, 4.69) is 0 Å². The Morgan fingerprint density at radius 1 is 1.00 bits per heavy atom. The summed E-state index contributed by atoms with van der Waals surface area (Å²) in [6, 6.07) is 0. The van der Waals surface area contributed by atoms with Crippen LogP contribution in [-0.4, -0.2) is 44.1 Å². The van der Waals surface area contributed by atoms with Crippen molar-refractivity contribution in [3.8, 4) is 0 Å². The molecular formula is C11H18O6. The molecule has 98 valence electrons. The van der Waals surface area contributed by atoms with E-state index in [1.807, 2.05) is 0 Å². The van der Waals surface area contributed by atoms with Crippen LogP contribution >= 0.6 is 0 Å². The first kappa shape index (κ1) is 15.6. The van der Waals surface area contributed by atoms with Gasteiger partial charge in [-0.15, -0.1) is 0 Å². The van der Waals surface area contributed by atoms with Crippen molar-refractivity contribution in [1.29, 1.82) is 0 Å². The van der Waals surface area contributed by atoms with Gasteiger partial charge in [-0.2, -0.15) is 0 Å². The summed E-state index contributed by atoms with van der Waals surface area (Å²) < 4.78 is 14.3. The largest absolute Gasteiger partial charge is 0.465 e. The molecule has 0 saturated heterocycles. The van der Waals surface area contributed by atoms with E-state index in [1.165, 1.54) is 14.0 Å². The molecule has 0 aromatic rings. The Kier molecular flexibility index (Phi) is 7.13. The number of carbonyl (C=O) groups is 3. The molecule has 0 aliphatic heterocycles. The number of ketones is 1. The zero-order valence-corrected chi connectivity index (χ0v) is 10.5. The molecule has 0 amide bonds. The highest BCUT2D eigenvalue weighted by Gasteiger charge is 2.39. The van der Waals surface area contributed by atoms with Crippen molar-refractivity contribution in [3.05, 3.63) is 0 Å². The smallest absolute Gasteiger partial charge is 0.336 e. The van der Waals surface area contributed by atoms with E-state index in [9.17, 15) is 14.4 Å². The molecular weight excluding hydrogens is 228 g/mol. The molecule has 0 aliphatic rings. The molecule has 0 aromatic carbocycles. The van der Waals surface area contributed by atoms with Gasteiger partial charge in [-0.25, -0.2) is 4.79 Å². The van der Waals surface area contributed by atoms with Crippen LogP contribution in [0.4, 0.5) is 0 Å². The van der Waals surface area contributed by atoms with Crippen LogP contribution in [0.3, 0.4) is 0 Å². The van der Waals surface area contributed by atoms with Gasteiger partial charge in [0.2, 0.25) is 0 Å². The molecule has 6 nitrogen and oxygen atoms in total. The van der Waals surface area contributed by atoms with Crippen LogP contribution in [0, 0.1) is 5.92 Å². The van der Waals surface area contributed by atoms with Gasteiger partial charge in [0.25, 0.3) is 0 Å². The Labute approximate surface area is 100 Å². The maximum atomic E-state index is 11.6. The third-order valence-electron chi connectivity index (χ3n) is 2.05. The normalized spacial score (nSPS) is 13.6. The number of esters is 2. The maximum absolute atomic E-state index is 11.6. The summed E-state index contributed by atoms with van der Waals surface area (Å²) in [5.74, 6) is -3.30. The number of hydrogen-bond acceptors (Lipinski definition) is 6.